The Morgan fingerprint density at radius 1 is 1.29 bits per heavy atom. The first kappa shape index (κ1) is 21.4. The van der Waals surface area contributed by atoms with E-state index in [4.69, 9.17) is 11.1 Å². The topological polar surface area (TPSA) is 61.9 Å². The molecule has 2 rings (SSSR count). The quantitative estimate of drug-likeness (QED) is 0.335. The molecule has 0 heterocycles. The van der Waals surface area contributed by atoms with Gasteiger partial charge in [0.15, 0.2) is 0 Å². The van der Waals surface area contributed by atoms with Gasteiger partial charge in [-0.2, -0.15) is 0 Å². The molecule has 0 unspecified atom stereocenters. The number of benzene rings is 2. The summed E-state index contributed by atoms with van der Waals surface area (Å²) in [6.07, 6.45) is 3.52. The zero-order valence-electron chi connectivity index (χ0n) is 15.7. The Morgan fingerprint density at radius 2 is 2.04 bits per heavy atom. The van der Waals surface area contributed by atoms with E-state index in [9.17, 15) is 8.78 Å². The van der Waals surface area contributed by atoms with Crippen LogP contribution < -0.4 is 11.1 Å². The van der Waals surface area contributed by atoms with Gasteiger partial charge < -0.3 is 11.1 Å². The standard InChI is InChI=1S/C22H23F2N3S/c1-4-7-18(28-5-2)10-14(3)27-17-12-19(22(26)20(24)13-17)21(25)15-8-6-9-16(23)11-15/h5-9,11-13,25,27H,2-4,10,26H2,1H3/b18-7-,25-21?. The number of allylic oxidation sites excluding steroid dienone is 2. The summed E-state index contributed by atoms with van der Waals surface area (Å²) in [6, 6.07) is 8.40. The van der Waals surface area contributed by atoms with Crippen molar-refractivity contribution in [2.24, 2.45) is 0 Å². The van der Waals surface area contributed by atoms with Gasteiger partial charge in [0.2, 0.25) is 0 Å². The molecule has 0 aromatic heterocycles. The Kier molecular flexibility index (Phi) is 7.58. The number of thioether (sulfide) groups is 1. The Bertz CT molecular complexity index is 935. The van der Waals surface area contributed by atoms with Crippen molar-refractivity contribution in [3.05, 3.63) is 94.4 Å². The maximum atomic E-state index is 14.4. The Labute approximate surface area is 168 Å². The van der Waals surface area contributed by atoms with Crippen LogP contribution in [0.15, 0.2) is 71.6 Å². The van der Waals surface area contributed by atoms with Gasteiger partial charge in [-0.15, -0.1) is 11.8 Å². The number of nitrogen functional groups attached to an aromatic ring is 1. The molecule has 4 N–H and O–H groups in total. The summed E-state index contributed by atoms with van der Waals surface area (Å²) in [7, 11) is 0. The van der Waals surface area contributed by atoms with Crippen LogP contribution in [-0.2, 0) is 0 Å². The van der Waals surface area contributed by atoms with E-state index in [1.807, 2.05) is 6.92 Å². The van der Waals surface area contributed by atoms with Gasteiger partial charge in [0.25, 0.3) is 0 Å². The monoisotopic (exact) mass is 399 g/mol. The van der Waals surface area contributed by atoms with E-state index in [-0.39, 0.29) is 17.0 Å². The highest BCUT2D eigenvalue weighted by molar-refractivity contribution is 8.05. The second kappa shape index (κ2) is 9.90. The van der Waals surface area contributed by atoms with Crippen LogP contribution in [0.1, 0.15) is 30.9 Å². The molecule has 2 aromatic carbocycles. The van der Waals surface area contributed by atoms with Crippen molar-refractivity contribution in [3.63, 3.8) is 0 Å². The summed E-state index contributed by atoms with van der Waals surface area (Å²) < 4.78 is 27.8. The lowest BCUT2D eigenvalue weighted by Gasteiger charge is -2.15. The molecule has 0 spiro atoms. The number of nitrogens with one attached hydrogen (secondary N) is 2. The second-order valence-corrected chi connectivity index (χ2v) is 7.17. The Hall–Kier alpha value is -2.86. The van der Waals surface area contributed by atoms with Crippen LogP contribution in [0.4, 0.5) is 20.2 Å². The zero-order chi connectivity index (χ0) is 20.7. The van der Waals surface area contributed by atoms with Gasteiger partial charge in [-0.25, -0.2) is 8.78 Å². The lowest BCUT2D eigenvalue weighted by molar-refractivity contribution is 0.627. The van der Waals surface area contributed by atoms with Crippen LogP contribution in [0.5, 0.6) is 0 Å². The molecule has 146 valence electrons. The van der Waals surface area contributed by atoms with Gasteiger partial charge in [0.1, 0.15) is 11.6 Å². The number of rotatable bonds is 9. The summed E-state index contributed by atoms with van der Waals surface area (Å²) in [5, 5.41) is 13.1. The average molecular weight is 400 g/mol. The lowest BCUT2D eigenvalue weighted by Crippen LogP contribution is -2.09. The summed E-state index contributed by atoms with van der Waals surface area (Å²) >= 11 is 1.51. The molecule has 0 bridgehead atoms. The van der Waals surface area contributed by atoms with Gasteiger partial charge in [-0.3, -0.25) is 5.41 Å². The highest BCUT2D eigenvalue weighted by Gasteiger charge is 2.15. The lowest BCUT2D eigenvalue weighted by atomic mass is 9.99. The highest BCUT2D eigenvalue weighted by atomic mass is 32.2. The summed E-state index contributed by atoms with van der Waals surface area (Å²) in [6.45, 7) is 9.75. The van der Waals surface area contributed by atoms with Crippen molar-refractivity contribution in [2.45, 2.75) is 19.8 Å². The largest absolute Gasteiger partial charge is 0.396 e. The third-order valence-electron chi connectivity index (χ3n) is 3.89. The fourth-order valence-corrected chi connectivity index (χ4v) is 3.39. The number of hydrogen-bond donors (Lipinski definition) is 3. The summed E-state index contributed by atoms with van der Waals surface area (Å²) in [5.41, 5.74) is 7.22. The summed E-state index contributed by atoms with van der Waals surface area (Å²) in [5.74, 6) is -1.13. The molecule has 0 atom stereocenters. The SMILES string of the molecule is C=CS/C(=C\CC)CC(=C)Nc1cc(F)c(N)c(C(=N)c2cccc(F)c2)c1. The van der Waals surface area contributed by atoms with E-state index in [0.717, 1.165) is 11.3 Å². The number of hydrogen-bond acceptors (Lipinski definition) is 4. The van der Waals surface area contributed by atoms with Crippen molar-refractivity contribution in [3.8, 4) is 0 Å². The predicted octanol–water partition coefficient (Wildman–Crippen LogP) is 6.45. The van der Waals surface area contributed by atoms with Gasteiger partial charge in [0, 0.05) is 28.9 Å². The Balaban J connectivity index is 2.27. The maximum Gasteiger partial charge on any atom is 0.148 e. The predicted molar refractivity (Wildman–Crippen MR) is 117 cm³/mol. The zero-order valence-corrected chi connectivity index (χ0v) is 16.5. The first-order valence-corrected chi connectivity index (χ1v) is 9.59. The number of anilines is 2. The first-order chi connectivity index (χ1) is 13.3. The second-order valence-electron chi connectivity index (χ2n) is 6.07. The molecule has 0 aliphatic carbocycles. The van der Waals surface area contributed by atoms with Crippen molar-refractivity contribution in [1.29, 1.82) is 5.41 Å². The van der Waals surface area contributed by atoms with Crippen molar-refractivity contribution < 1.29 is 8.78 Å². The summed E-state index contributed by atoms with van der Waals surface area (Å²) in [4.78, 5) is 1.08. The molecule has 0 saturated carbocycles. The first-order valence-electron chi connectivity index (χ1n) is 8.71. The van der Waals surface area contributed by atoms with Gasteiger partial charge in [-0.1, -0.05) is 38.3 Å². The van der Waals surface area contributed by atoms with E-state index in [0.29, 0.717) is 23.4 Å². The molecule has 0 radical (unpaired) electrons. The van der Waals surface area contributed by atoms with Crippen molar-refractivity contribution in [2.75, 3.05) is 11.1 Å². The molecule has 0 aliphatic heterocycles. The van der Waals surface area contributed by atoms with Crippen LogP contribution >= 0.6 is 11.8 Å². The van der Waals surface area contributed by atoms with E-state index in [1.54, 1.807) is 17.5 Å². The third-order valence-corrected chi connectivity index (χ3v) is 4.67. The van der Waals surface area contributed by atoms with E-state index in [1.165, 1.54) is 36.0 Å². The molecule has 0 fully saturated rings. The molecule has 3 nitrogen and oxygen atoms in total. The highest BCUT2D eigenvalue weighted by Crippen LogP contribution is 2.28. The van der Waals surface area contributed by atoms with Crippen LogP contribution in [0.2, 0.25) is 0 Å². The Morgan fingerprint density at radius 3 is 2.68 bits per heavy atom. The smallest absolute Gasteiger partial charge is 0.148 e. The fraction of sp³-hybridized carbons (Fsp3) is 0.136. The van der Waals surface area contributed by atoms with Crippen LogP contribution in [-0.4, -0.2) is 5.71 Å². The fourth-order valence-electron chi connectivity index (χ4n) is 2.65. The normalized spacial score (nSPS) is 11.2. The van der Waals surface area contributed by atoms with Gasteiger partial charge >= 0.3 is 0 Å². The third kappa shape index (κ3) is 5.57. The minimum absolute atomic E-state index is 0.0565. The molecule has 0 amide bonds. The van der Waals surface area contributed by atoms with Gasteiger partial charge in [-0.05, 0) is 41.0 Å². The minimum Gasteiger partial charge on any atom is -0.396 e. The molecule has 0 aliphatic rings. The van der Waals surface area contributed by atoms with E-state index < -0.39 is 11.6 Å². The van der Waals surface area contributed by atoms with Crippen molar-refractivity contribution >= 4 is 28.8 Å². The number of halogens is 2. The van der Waals surface area contributed by atoms with E-state index >= 15 is 0 Å². The van der Waals surface area contributed by atoms with Crippen LogP contribution in [0.25, 0.3) is 0 Å². The van der Waals surface area contributed by atoms with Gasteiger partial charge in [0.05, 0.1) is 11.4 Å². The molecule has 28 heavy (non-hydrogen) atoms. The number of nitrogens with two attached hydrogens (primary N) is 1. The molecular formula is C22H23F2N3S. The molecule has 0 saturated heterocycles. The molecule has 6 heteroatoms. The molecular weight excluding hydrogens is 376 g/mol. The minimum atomic E-state index is -0.654. The van der Waals surface area contributed by atoms with Crippen molar-refractivity contribution in [1.82, 2.24) is 0 Å². The maximum absolute atomic E-state index is 14.4. The van der Waals surface area contributed by atoms with E-state index in [2.05, 4.69) is 24.6 Å². The van der Waals surface area contributed by atoms with Crippen LogP contribution in [0.3, 0.4) is 0 Å². The van der Waals surface area contributed by atoms with Crippen LogP contribution in [0, 0.1) is 17.0 Å². The molecule has 2 aromatic rings. The average Bonchev–Trinajstić information content (AvgIpc) is 2.64.